The van der Waals surface area contributed by atoms with Crippen LogP contribution in [0.2, 0.25) is 0 Å². The summed E-state index contributed by atoms with van der Waals surface area (Å²) >= 11 is 0. The number of hydrogen-bond donors (Lipinski definition) is 2. The molecule has 11 heavy (non-hydrogen) atoms. The van der Waals surface area contributed by atoms with Gasteiger partial charge in [0, 0.05) is 13.2 Å². The van der Waals surface area contributed by atoms with Gasteiger partial charge in [-0.25, -0.2) is 0 Å². The number of hydrogen-bond acceptors (Lipinski definition) is 2. The summed E-state index contributed by atoms with van der Waals surface area (Å²) in [5, 5.41) is 12.2. The molecule has 0 aromatic heterocycles. The first kappa shape index (κ1) is 10.9. The molecule has 0 saturated heterocycles. The zero-order valence-corrected chi connectivity index (χ0v) is 7.93. The van der Waals surface area contributed by atoms with Gasteiger partial charge in [0.1, 0.15) is 0 Å². The highest BCUT2D eigenvalue weighted by atomic mass is 16.3. The van der Waals surface area contributed by atoms with Crippen molar-refractivity contribution in [1.29, 1.82) is 0 Å². The summed E-state index contributed by atoms with van der Waals surface area (Å²) in [6, 6.07) is 0. The van der Waals surface area contributed by atoms with E-state index in [2.05, 4.69) is 26.1 Å². The summed E-state index contributed by atoms with van der Waals surface area (Å²) in [7, 11) is 0. The van der Waals surface area contributed by atoms with Gasteiger partial charge in [0.2, 0.25) is 0 Å². The van der Waals surface area contributed by atoms with Crippen LogP contribution >= 0.6 is 0 Å². The maximum atomic E-state index is 8.85. The third kappa shape index (κ3) is 6.32. The lowest BCUT2D eigenvalue weighted by Crippen LogP contribution is -2.27. The molecule has 2 nitrogen and oxygen atoms in total. The van der Waals surface area contributed by atoms with E-state index < -0.39 is 0 Å². The van der Waals surface area contributed by atoms with E-state index in [-0.39, 0.29) is 0 Å². The number of aliphatic hydroxyl groups excluding tert-OH is 1. The Balaban J connectivity index is 3.21. The molecule has 0 aromatic rings. The van der Waals surface area contributed by atoms with E-state index in [1.165, 1.54) is 0 Å². The molecular weight excluding hydrogens is 138 g/mol. The highest BCUT2D eigenvalue weighted by Gasteiger charge is 2.03. The Morgan fingerprint density at radius 2 is 1.91 bits per heavy atom. The smallest absolute Gasteiger partial charge is 0.0471 e. The number of nitrogens with one attached hydrogen (secondary N) is 1. The lowest BCUT2D eigenvalue weighted by molar-refractivity contribution is 0.218. The van der Waals surface area contributed by atoms with Crippen LogP contribution in [0.25, 0.3) is 0 Å². The molecule has 0 rings (SSSR count). The van der Waals surface area contributed by atoms with Gasteiger partial charge in [-0.15, -0.1) is 0 Å². The molecule has 0 amide bonds. The predicted molar refractivity (Wildman–Crippen MR) is 48.6 cm³/mol. The van der Waals surface area contributed by atoms with Gasteiger partial charge >= 0.3 is 0 Å². The van der Waals surface area contributed by atoms with Crippen LogP contribution in [0.1, 0.15) is 27.2 Å². The molecule has 1 atom stereocenters. The lowest BCUT2D eigenvalue weighted by atomic mass is 10.1. The fourth-order valence-electron chi connectivity index (χ4n) is 0.914. The summed E-state index contributed by atoms with van der Waals surface area (Å²) < 4.78 is 0. The van der Waals surface area contributed by atoms with E-state index in [1.54, 1.807) is 0 Å². The van der Waals surface area contributed by atoms with Crippen molar-refractivity contribution >= 4 is 0 Å². The highest BCUT2D eigenvalue weighted by Crippen LogP contribution is 1.98. The lowest BCUT2D eigenvalue weighted by Gasteiger charge is -2.13. The Kier molecular flexibility index (Phi) is 6.57. The Bertz CT molecular complexity index is 79.6. The molecule has 68 valence electrons. The Hall–Kier alpha value is -0.0800. The summed E-state index contributed by atoms with van der Waals surface area (Å²) in [4.78, 5) is 0. The molecule has 2 N–H and O–H groups in total. The highest BCUT2D eigenvalue weighted by molar-refractivity contribution is 4.59. The largest absolute Gasteiger partial charge is 0.396 e. The molecule has 0 aliphatic carbocycles. The zero-order chi connectivity index (χ0) is 8.69. The average molecular weight is 159 g/mol. The van der Waals surface area contributed by atoms with Crippen molar-refractivity contribution in [2.75, 3.05) is 19.7 Å². The van der Waals surface area contributed by atoms with Gasteiger partial charge in [0.15, 0.2) is 0 Å². The number of aliphatic hydroxyl groups is 1. The Morgan fingerprint density at radius 1 is 1.27 bits per heavy atom. The van der Waals surface area contributed by atoms with Gasteiger partial charge in [0.05, 0.1) is 0 Å². The third-order valence-electron chi connectivity index (χ3n) is 1.82. The first-order chi connectivity index (χ1) is 5.20. The van der Waals surface area contributed by atoms with Crippen molar-refractivity contribution in [1.82, 2.24) is 5.32 Å². The molecule has 0 heterocycles. The quantitative estimate of drug-likeness (QED) is 0.611. The molecule has 0 aromatic carbocycles. The standard InChI is InChI=1S/C9H21NO/c1-4-9(7-11)6-10-5-8(2)3/h8-11H,4-7H2,1-3H3. The first-order valence-electron chi connectivity index (χ1n) is 4.52. The van der Waals surface area contributed by atoms with E-state index in [9.17, 15) is 0 Å². The van der Waals surface area contributed by atoms with Gasteiger partial charge in [-0.05, 0) is 24.8 Å². The average Bonchev–Trinajstić information content (AvgIpc) is 1.98. The van der Waals surface area contributed by atoms with Crippen LogP contribution in [-0.2, 0) is 0 Å². The fourth-order valence-corrected chi connectivity index (χ4v) is 0.914. The maximum absolute atomic E-state index is 8.85. The third-order valence-corrected chi connectivity index (χ3v) is 1.82. The summed E-state index contributed by atoms with van der Waals surface area (Å²) in [5.41, 5.74) is 0. The second-order valence-electron chi connectivity index (χ2n) is 3.51. The van der Waals surface area contributed by atoms with Crippen molar-refractivity contribution in [2.24, 2.45) is 11.8 Å². The van der Waals surface area contributed by atoms with Crippen molar-refractivity contribution < 1.29 is 5.11 Å². The second kappa shape index (κ2) is 6.62. The molecule has 0 fully saturated rings. The van der Waals surface area contributed by atoms with Gasteiger partial charge in [0.25, 0.3) is 0 Å². The van der Waals surface area contributed by atoms with Gasteiger partial charge < -0.3 is 10.4 Å². The van der Waals surface area contributed by atoms with Gasteiger partial charge in [-0.2, -0.15) is 0 Å². The van der Waals surface area contributed by atoms with Crippen molar-refractivity contribution in [3.05, 3.63) is 0 Å². The molecule has 0 aliphatic heterocycles. The molecular formula is C9H21NO. The van der Waals surface area contributed by atoms with Crippen LogP contribution in [-0.4, -0.2) is 24.8 Å². The minimum absolute atomic E-state index is 0.307. The summed E-state index contributed by atoms with van der Waals surface area (Å²) in [6.07, 6.45) is 1.06. The predicted octanol–water partition coefficient (Wildman–Crippen LogP) is 1.25. The zero-order valence-electron chi connectivity index (χ0n) is 7.93. The molecule has 2 heteroatoms. The molecule has 0 aliphatic rings. The minimum atomic E-state index is 0.307. The second-order valence-corrected chi connectivity index (χ2v) is 3.51. The summed E-state index contributed by atoms with van der Waals surface area (Å²) in [6.45, 7) is 8.79. The van der Waals surface area contributed by atoms with Crippen molar-refractivity contribution in [3.8, 4) is 0 Å². The molecule has 0 bridgehead atoms. The van der Waals surface area contributed by atoms with Crippen LogP contribution < -0.4 is 5.32 Å². The van der Waals surface area contributed by atoms with E-state index >= 15 is 0 Å². The van der Waals surface area contributed by atoms with Crippen LogP contribution in [0.15, 0.2) is 0 Å². The Morgan fingerprint density at radius 3 is 2.27 bits per heavy atom. The van der Waals surface area contributed by atoms with Crippen LogP contribution in [0.5, 0.6) is 0 Å². The topological polar surface area (TPSA) is 32.3 Å². The maximum Gasteiger partial charge on any atom is 0.0471 e. The Labute approximate surface area is 70.0 Å². The monoisotopic (exact) mass is 159 g/mol. The van der Waals surface area contributed by atoms with E-state index in [1.807, 2.05) is 0 Å². The normalized spacial score (nSPS) is 13.9. The van der Waals surface area contributed by atoms with Gasteiger partial charge in [-0.1, -0.05) is 20.8 Å². The van der Waals surface area contributed by atoms with Gasteiger partial charge in [-0.3, -0.25) is 0 Å². The van der Waals surface area contributed by atoms with Crippen LogP contribution in [0.4, 0.5) is 0 Å². The van der Waals surface area contributed by atoms with Crippen molar-refractivity contribution in [3.63, 3.8) is 0 Å². The molecule has 0 radical (unpaired) electrons. The first-order valence-corrected chi connectivity index (χ1v) is 4.52. The van der Waals surface area contributed by atoms with E-state index in [0.717, 1.165) is 19.5 Å². The van der Waals surface area contributed by atoms with Crippen LogP contribution in [0, 0.1) is 11.8 Å². The van der Waals surface area contributed by atoms with E-state index in [0.29, 0.717) is 18.4 Å². The molecule has 0 saturated carbocycles. The van der Waals surface area contributed by atoms with Crippen molar-refractivity contribution in [2.45, 2.75) is 27.2 Å². The number of rotatable bonds is 6. The molecule has 1 unspecified atom stereocenters. The van der Waals surface area contributed by atoms with E-state index in [4.69, 9.17) is 5.11 Å². The minimum Gasteiger partial charge on any atom is -0.396 e. The molecule has 0 spiro atoms. The van der Waals surface area contributed by atoms with Crippen LogP contribution in [0.3, 0.4) is 0 Å². The SMILES string of the molecule is CCC(CO)CNCC(C)C. The fraction of sp³-hybridized carbons (Fsp3) is 1.00. The summed E-state index contributed by atoms with van der Waals surface area (Å²) in [5.74, 6) is 1.14.